The van der Waals surface area contributed by atoms with E-state index in [-0.39, 0.29) is 22.8 Å². The van der Waals surface area contributed by atoms with Crippen molar-refractivity contribution in [3.05, 3.63) is 35.4 Å². The average Bonchev–Trinajstić information content (AvgIpc) is 3.19. The van der Waals surface area contributed by atoms with Crippen molar-refractivity contribution in [1.82, 2.24) is 10.6 Å². The van der Waals surface area contributed by atoms with Gasteiger partial charge in [0.2, 0.25) is 5.91 Å². The number of carbonyl (C=O) groups excluding carboxylic acids is 1. The molecule has 1 heterocycles. The normalized spacial score (nSPS) is 22.8. The lowest BCUT2D eigenvalue weighted by molar-refractivity contribution is -0.123. The number of piperidine rings is 1. The number of rotatable bonds is 4. The molecule has 0 bridgehead atoms. The van der Waals surface area contributed by atoms with Crippen LogP contribution in [0.25, 0.3) is 0 Å². The highest BCUT2D eigenvalue weighted by atomic mass is 16.4. The van der Waals surface area contributed by atoms with E-state index in [1.165, 1.54) is 0 Å². The first-order valence-corrected chi connectivity index (χ1v) is 7.41. The number of hydrogen-bond acceptors (Lipinski definition) is 3. The molecule has 1 unspecified atom stereocenters. The van der Waals surface area contributed by atoms with E-state index in [4.69, 9.17) is 5.11 Å². The molecule has 1 aliphatic carbocycles. The molecule has 112 valence electrons. The maximum Gasteiger partial charge on any atom is 0.335 e. The molecular formula is C16H20N2O3. The van der Waals surface area contributed by atoms with Crippen molar-refractivity contribution in [2.24, 2.45) is 11.3 Å². The summed E-state index contributed by atoms with van der Waals surface area (Å²) in [7, 11) is 0. The maximum atomic E-state index is 12.2. The van der Waals surface area contributed by atoms with Gasteiger partial charge >= 0.3 is 5.97 Å². The van der Waals surface area contributed by atoms with Crippen molar-refractivity contribution in [2.75, 3.05) is 13.1 Å². The lowest BCUT2D eigenvalue weighted by atomic mass is 9.92. The number of hydrogen-bond donors (Lipinski definition) is 3. The van der Waals surface area contributed by atoms with E-state index in [0.717, 1.165) is 37.9 Å². The third-order valence-corrected chi connectivity index (χ3v) is 4.75. The summed E-state index contributed by atoms with van der Waals surface area (Å²) in [6.07, 6.45) is 3.16. The van der Waals surface area contributed by atoms with Crippen molar-refractivity contribution < 1.29 is 14.7 Å². The van der Waals surface area contributed by atoms with E-state index in [1.807, 2.05) is 6.07 Å². The maximum absolute atomic E-state index is 12.2. The van der Waals surface area contributed by atoms with Crippen molar-refractivity contribution in [3.8, 4) is 0 Å². The second-order valence-corrected chi connectivity index (χ2v) is 6.09. The van der Waals surface area contributed by atoms with Crippen molar-refractivity contribution >= 4 is 11.9 Å². The van der Waals surface area contributed by atoms with E-state index in [9.17, 15) is 9.59 Å². The summed E-state index contributed by atoms with van der Waals surface area (Å²) < 4.78 is 0. The van der Waals surface area contributed by atoms with Crippen LogP contribution in [0.15, 0.2) is 24.3 Å². The van der Waals surface area contributed by atoms with Crippen LogP contribution in [0.2, 0.25) is 0 Å². The molecule has 1 saturated carbocycles. The fourth-order valence-electron chi connectivity index (χ4n) is 3.32. The molecule has 1 aromatic rings. The SMILES string of the molecule is O=C(O)c1cccc(CNC(=O)C2CC23CCNCC3)c1. The molecule has 1 aromatic carbocycles. The van der Waals surface area contributed by atoms with E-state index < -0.39 is 5.97 Å². The second-order valence-electron chi connectivity index (χ2n) is 6.09. The quantitative estimate of drug-likeness (QED) is 0.782. The Morgan fingerprint density at radius 3 is 2.81 bits per heavy atom. The van der Waals surface area contributed by atoms with Crippen molar-refractivity contribution in [2.45, 2.75) is 25.8 Å². The van der Waals surface area contributed by atoms with Gasteiger partial charge < -0.3 is 15.7 Å². The number of carbonyl (C=O) groups is 2. The standard InChI is InChI=1S/C16H20N2O3/c19-14(13-9-16(13)4-6-17-7-5-16)18-10-11-2-1-3-12(8-11)15(20)21/h1-3,8,13,17H,4-7,9-10H2,(H,18,19)(H,20,21). The van der Waals surface area contributed by atoms with E-state index >= 15 is 0 Å². The highest BCUT2D eigenvalue weighted by Crippen LogP contribution is 2.58. The van der Waals surface area contributed by atoms with Gasteiger partial charge in [0.1, 0.15) is 0 Å². The molecule has 0 radical (unpaired) electrons. The molecule has 1 spiro atoms. The predicted octanol–water partition coefficient (Wildman–Crippen LogP) is 1.39. The molecule has 3 rings (SSSR count). The number of carboxylic acids is 1. The molecule has 5 nitrogen and oxygen atoms in total. The molecule has 21 heavy (non-hydrogen) atoms. The van der Waals surface area contributed by atoms with E-state index in [1.54, 1.807) is 18.2 Å². The number of amides is 1. The lowest BCUT2D eigenvalue weighted by Gasteiger charge is -2.23. The van der Waals surface area contributed by atoms with Crippen LogP contribution in [0.1, 0.15) is 35.2 Å². The van der Waals surface area contributed by atoms with Gasteiger partial charge in [-0.15, -0.1) is 0 Å². The van der Waals surface area contributed by atoms with Crippen LogP contribution in [0.4, 0.5) is 0 Å². The molecule has 5 heteroatoms. The van der Waals surface area contributed by atoms with Crippen LogP contribution in [0, 0.1) is 11.3 Å². The molecule has 1 saturated heterocycles. The predicted molar refractivity (Wildman–Crippen MR) is 77.9 cm³/mol. The van der Waals surface area contributed by atoms with Gasteiger partial charge in [-0.25, -0.2) is 4.79 Å². The lowest BCUT2D eigenvalue weighted by Crippen LogP contribution is -2.33. The molecule has 1 aliphatic heterocycles. The number of carboxylic acid groups (broad SMARTS) is 1. The molecule has 2 aliphatic rings. The van der Waals surface area contributed by atoms with Gasteiger partial charge in [0.25, 0.3) is 0 Å². The van der Waals surface area contributed by atoms with Gasteiger partial charge in [-0.3, -0.25) is 4.79 Å². The van der Waals surface area contributed by atoms with Crippen LogP contribution in [-0.4, -0.2) is 30.1 Å². The van der Waals surface area contributed by atoms with Crippen LogP contribution in [0.5, 0.6) is 0 Å². The van der Waals surface area contributed by atoms with Gasteiger partial charge in [0, 0.05) is 12.5 Å². The topological polar surface area (TPSA) is 78.4 Å². The minimum Gasteiger partial charge on any atom is -0.478 e. The summed E-state index contributed by atoms with van der Waals surface area (Å²) in [5, 5.41) is 15.2. The highest BCUT2D eigenvalue weighted by molar-refractivity contribution is 5.87. The molecule has 1 amide bonds. The van der Waals surface area contributed by atoms with Crippen LogP contribution < -0.4 is 10.6 Å². The van der Waals surface area contributed by atoms with Crippen molar-refractivity contribution in [3.63, 3.8) is 0 Å². The van der Waals surface area contributed by atoms with Crippen LogP contribution in [0.3, 0.4) is 0 Å². The van der Waals surface area contributed by atoms with Crippen LogP contribution >= 0.6 is 0 Å². The zero-order valence-corrected chi connectivity index (χ0v) is 11.9. The van der Waals surface area contributed by atoms with Crippen LogP contribution in [-0.2, 0) is 11.3 Å². The molecule has 2 fully saturated rings. The Labute approximate surface area is 123 Å². The fraction of sp³-hybridized carbons (Fsp3) is 0.500. The second kappa shape index (κ2) is 5.48. The summed E-state index contributed by atoms with van der Waals surface area (Å²) in [6, 6.07) is 6.70. The Morgan fingerprint density at radius 2 is 2.10 bits per heavy atom. The third-order valence-electron chi connectivity index (χ3n) is 4.75. The first-order valence-electron chi connectivity index (χ1n) is 7.41. The summed E-state index contributed by atoms with van der Waals surface area (Å²) in [6.45, 7) is 2.40. The first kappa shape index (κ1) is 14.1. The Morgan fingerprint density at radius 1 is 1.33 bits per heavy atom. The Bertz CT molecular complexity index is 564. The number of nitrogens with one attached hydrogen (secondary N) is 2. The van der Waals surface area contributed by atoms with E-state index in [0.29, 0.717) is 6.54 Å². The Hall–Kier alpha value is -1.88. The summed E-state index contributed by atoms with van der Waals surface area (Å²) in [5.41, 5.74) is 1.31. The molecule has 3 N–H and O–H groups in total. The first-order chi connectivity index (χ1) is 10.1. The van der Waals surface area contributed by atoms with Gasteiger partial charge in [-0.05, 0) is 55.5 Å². The summed E-state index contributed by atoms with van der Waals surface area (Å²) >= 11 is 0. The highest BCUT2D eigenvalue weighted by Gasteiger charge is 2.57. The monoisotopic (exact) mass is 288 g/mol. The Balaban J connectivity index is 1.55. The smallest absolute Gasteiger partial charge is 0.335 e. The molecular weight excluding hydrogens is 268 g/mol. The van der Waals surface area contributed by atoms with Gasteiger partial charge in [0.15, 0.2) is 0 Å². The van der Waals surface area contributed by atoms with Gasteiger partial charge in [-0.1, -0.05) is 12.1 Å². The van der Waals surface area contributed by atoms with Gasteiger partial charge in [-0.2, -0.15) is 0 Å². The fourth-order valence-corrected chi connectivity index (χ4v) is 3.32. The number of benzene rings is 1. The largest absolute Gasteiger partial charge is 0.478 e. The Kier molecular flexibility index (Phi) is 3.68. The molecule has 1 atom stereocenters. The van der Waals surface area contributed by atoms with Crippen molar-refractivity contribution in [1.29, 1.82) is 0 Å². The zero-order valence-electron chi connectivity index (χ0n) is 11.9. The number of aromatic carboxylic acids is 1. The average molecular weight is 288 g/mol. The summed E-state index contributed by atoms with van der Waals surface area (Å²) in [5.74, 6) is -0.695. The minimum absolute atomic E-state index is 0.109. The minimum atomic E-state index is -0.945. The summed E-state index contributed by atoms with van der Waals surface area (Å²) in [4.78, 5) is 23.1. The zero-order chi connectivity index (χ0) is 14.9. The molecule has 0 aromatic heterocycles. The van der Waals surface area contributed by atoms with E-state index in [2.05, 4.69) is 10.6 Å². The van der Waals surface area contributed by atoms with Gasteiger partial charge in [0.05, 0.1) is 5.56 Å². The third kappa shape index (κ3) is 2.93.